The van der Waals surface area contributed by atoms with Crippen molar-refractivity contribution in [1.29, 1.82) is 0 Å². The number of nitrogens with one attached hydrogen (secondary N) is 1. The zero-order valence-corrected chi connectivity index (χ0v) is 10.0. The summed E-state index contributed by atoms with van der Waals surface area (Å²) in [6, 6.07) is 9.28. The van der Waals surface area contributed by atoms with Gasteiger partial charge < -0.3 is 10.1 Å². The van der Waals surface area contributed by atoms with E-state index in [4.69, 9.17) is 4.74 Å². The number of ether oxygens (including phenoxy) is 1. The molecule has 0 bridgehead atoms. The van der Waals surface area contributed by atoms with Crippen LogP contribution >= 0.6 is 0 Å². The third-order valence-electron chi connectivity index (χ3n) is 2.84. The Kier molecular flexibility index (Phi) is 4.56. The van der Waals surface area contributed by atoms with Gasteiger partial charge in [0.2, 0.25) is 0 Å². The summed E-state index contributed by atoms with van der Waals surface area (Å²) in [5, 5.41) is 2.88. The molecule has 0 heterocycles. The van der Waals surface area contributed by atoms with Crippen LogP contribution in [0.2, 0.25) is 0 Å². The van der Waals surface area contributed by atoms with E-state index in [1.165, 1.54) is 12.8 Å². The number of carbonyl (C=O) groups excluding carboxylic acids is 1. The Morgan fingerprint density at radius 3 is 2.76 bits per heavy atom. The van der Waals surface area contributed by atoms with Crippen LogP contribution in [-0.2, 0) is 4.74 Å². The summed E-state index contributed by atoms with van der Waals surface area (Å²) in [5.41, 5.74) is 0.714. The molecule has 0 atom stereocenters. The van der Waals surface area contributed by atoms with E-state index < -0.39 is 0 Å². The van der Waals surface area contributed by atoms with E-state index in [2.05, 4.69) is 5.32 Å². The van der Waals surface area contributed by atoms with Gasteiger partial charge in [0.1, 0.15) is 0 Å². The average molecular weight is 233 g/mol. The van der Waals surface area contributed by atoms with Crippen LogP contribution < -0.4 is 5.32 Å². The minimum absolute atomic E-state index is 0.00667. The third kappa shape index (κ3) is 4.57. The molecule has 17 heavy (non-hydrogen) atoms. The number of hydrogen-bond acceptors (Lipinski definition) is 2. The second-order valence-electron chi connectivity index (χ2n) is 4.49. The lowest BCUT2D eigenvalue weighted by Gasteiger charge is -2.05. The Bertz CT molecular complexity index is 346. The van der Waals surface area contributed by atoms with Crippen molar-refractivity contribution in [1.82, 2.24) is 5.32 Å². The molecule has 0 spiro atoms. The fourth-order valence-electron chi connectivity index (χ4n) is 1.60. The molecule has 1 aromatic rings. The lowest BCUT2D eigenvalue weighted by Crippen LogP contribution is -2.25. The van der Waals surface area contributed by atoms with Gasteiger partial charge in [-0.1, -0.05) is 18.2 Å². The topological polar surface area (TPSA) is 38.3 Å². The highest BCUT2D eigenvalue weighted by molar-refractivity contribution is 5.94. The Morgan fingerprint density at radius 2 is 2.06 bits per heavy atom. The van der Waals surface area contributed by atoms with Crippen LogP contribution in [0, 0.1) is 5.92 Å². The monoisotopic (exact) mass is 233 g/mol. The van der Waals surface area contributed by atoms with E-state index in [0.717, 1.165) is 25.6 Å². The van der Waals surface area contributed by atoms with E-state index in [9.17, 15) is 4.79 Å². The Morgan fingerprint density at radius 1 is 1.29 bits per heavy atom. The normalized spacial score (nSPS) is 14.6. The molecule has 1 saturated carbocycles. The number of benzene rings is 1. The maximum Gasteiger partial charge on any atom is 0.251 e. The largest absolute Gasteiger partial charge is 0.381 e. The lowest BCUT2D eigenvalue weighted by molar-refractivity contribution is 0.0937. The van der Waals surface area contributed by atoms with Gasteiger partial charge in [0.15, 0.2) is 0 Å². The van der Waals surface area contributed by atoms with Gasteiger partial charge in [-0.15, -0.1) is 0 Å². The van der Waals surface area contributed by atoms with Gasteiger partial charge >= 0.3 is 0 Å². The van der Waals surface area contributed by atoms with E-state index in [-0.39, 0.29) is 5.91 Å². The minimum Gasteiger partial charge on any atom is -0.381 e. The molecule has 3 heteroatoms. The first-order chi connectivity index (χ1) is 8.36. The highest BCUT2D eigenvalue weighted by atomic mass is 16.5. The molecular weight excluding hydrogens is 214 g/mol. The molecule has 1 aliphatic carbocycles. The van der Waals surface area contributed by atoms with Crippen LogP contribution in [0.3, 0.4) is 0 Å². The first kappa shape index (κ1) is 12.1. The highest BCUT2D eigenvalue weighted by Gasteiger charge is 2.20. The summed E-state index contributed by atoms with van der Waals surface area (Å²) >= 11 is 0. The van der Waals surface area contributed by atoms with Crippen molar-refractivity contribution in [2.75, 3.05) is 19.8 Å². The molecule has 1 aromatic carbocycles. The summed E-state index contributed by atoms with van der Waals surface area (Å²) in [7, 11) is 0. The molecule has 92 valence electrons. The van der Waals surface area contributed by atoms with Gasteiger partial charge in [0.05, 0.1) is 0 Å². The smallest absolute Gasteiger partial charge is 0.251 e. The summed E-state index contributed by atoms with van der Waals surface area (Å²) < 4.78 is 5.49. The van der Waals surface area contributed by atoms with E-state index in [1.807, 2.05) is 30.3 Å². The van der Waals surface area contributed by atoms with E-state index >= 15 is 0 Å². The highest BCUT2D eigenvalue weighted by Crippen LogP contribution is 2.28. The lowest BCUT2D eigenvalue weighted by atomic mass is 10.2. The Labute approximate surface area is 102 Å². The zero-order valence-electron chi connectivity index (χ0n) is 10.0. The average Bonchev–Trinajstić information content (AvgIpc) is 3.18. The van der Waals surface area contributed by atoms with Crippen molar-refractivity contribution in [3.63, 3.8) is 0 Å². The first-order valence-electron chi connectivity index (χ1n) is 6.27. The summed E-state index contributed by atoms with van der Waals surface area (Å²) in [6.45, 7) is 2.32. The molecule has 0 aromatic heterocycles. The van der Waals surface area contributed by atoms with Gasteiger partial charge in [-0.2, -0.15) is 0 Å². The molecular formula is C14H19NO2. The van der Waals surface area contributed by atoms with Crippen molar-refractivity contribution in [2.24, 2.45) is 5.92 Å². The number of hydrogen-bond donors (Lipinski definition) is 1. The SMILES string of the molecule is O=C(NCCCOCC1CC1)c1ccccc1. The first-order valence-corrected chi connectivity index (χ1v) is 6.27. The van der Waals surface area contributed by atoms with Gasteiger partial charge in [0, 0.05) is 25.3 Å². The maximum atomic E-state index is 11.6. The standard InChI is InChI=1S/C14H19NO2/c16-14(13-5-2-1-3-6-13)15-9-4-10-17-11-12-7-8-12/h1-3,5-6,12H,4,7-11H2,(H,15,16). The van der Waals surface area contributed by atoms with E-state index in [1.54, 1.807) is 0 Å². The Hall–Kier alpha value is -1.35. The molecule has 3 nitrogen and oxygen atoms in total. The molecule has 1 N–H and O–H groups in total. The van der Waals surface area contributed by atoms with Gasteiger partial charge in [-0.05, 0) is 37.3 Å². The Balaban J connectivity index is 1.53. The molecule has 2 rings (SSSR count). The fourth-order valence-corrected chi connectivity index (χ4v) is 1.60. The number of rotatable bonds is 7. The van der Waals surface area contributed by atoms with Crippen molar-refractivity contribution < 1.29 is 9.53 Å². The van der Waals surface area contributed by atoms with Crippen LogP contribution in [-0.4, -0.2) is 25.7 Å². The second kappa shape index (κ2) is 6.40. The quantitative estimate of drug-likeness (QED) is 0.733. The molecule has 0 aliphatic heterocycles. The third-order valence-corrected chi connectivity index (χ3v) is 2.84. The van der Waals surface area contributed by atoms with Crippen LogP contribution in [0.1, 0.15) is 29.6 Å². The summed E-state index contributed by atoms with van der Waals surface area (Å²) in [5.74, 6) is 0.807. The number of carbonyl (C=O) groups is 1. The van der Waals surface area contributed by atoms with Crippen molar-refractivity contribution in [3.05, 3.63) is 35.9 Å². The number of amides is 1. The minimum atomic E-state index is -0.00667. The molecule has 1 aliphatic rings. The zero-order chi connectivity index (χ0) is 11.9. The van der Waals surface area contributed by atoms with Crippen LogP contribution in [0.25, 0.3) is 0 Å². The van der Waals surface area contributed by atoms with Gasteiger partial charge in [-0.3, -0.25) is 4.79 Å². The van der Waals surface area contributed by atoms with Crippen LogP contribution in [0.4, 0.5) is 0 Å². The molecule has 0 radical (unpaired) electrons. The summed E-state index contributed by atoms with van der Waals surface area (Å²) in [6.07, 6.45) is 3.53. The van der Waals surface area contributed by atoms with Crippen molar-refractivity contribution >= 4 is 5.91 Å². The molecule has 0 unspecified atom stereocenters. The predicted octanol–water partition coefficient (Wildman–Crippen LogP) is 2.23. The molecule has 0 saturated heterocycles. The van der Waals surface area contributed by atoms with Crippen LogP contribution in [0.5, 0.6) is 0 Å². The molecule has 1 amide bonds. The van der Waals surface area contributed by atoms with Crippen molar-refractivity contribution in [3.8, 4) is 0 Å². The molecule has 1 fully saturated rings. The van der Waals surface area contributed by atoms with Crippen molar-refractivity contribution in [2.45, 2.75) is 19.3 Å². The van der Waals surface area contributed by atoms with Crippen LogP contribution in [0.15, 0.2) is 30.3 Å². The fraction of sp³-hybridized carbons (Fsp3) is 0.500. The second-order valence-corrected chi connectivity index (χ2v) is 4.49. The predicted molar refractivity (Wildman–Crippen MR) is 66.9 cm³/mol. The van der Waals surface area contributed by atoms with E-state index in [0.29, 0.717) is 12.1 Å². The summed E-state index contributed by atoms with van der Waals surface area (Å²) in [4.78, 5) is 11.6. The van der Waals surface area contributed by atoms with Gasteiger partial charge in [-0.25, -0.2) is 0 Å². The van der Waals surface area contributed by atoms with Gasteiger partial charge in [0.25, 0.3) is 5.91 Å². The maximum absolute atomic E-state index is 11.6.